The van der Waals surface area contributed by atoms with Crippen molar-refractivity contribution in [3.8, 4) is 0 Å². The molecule has 2 aliphatic rings. The van der Waals surface area contributed by atoms with E-state index in [2.05, 4.69) is 60.3 Å². The van der Waals surface area contributed by atoms with Gasteiger partial charge in [0.25, 0.3) is 10.9 Å². The average molecular weight is 550 g/mol. The topological polar surface area (TPSA) is 29.2 Å². The van der Waals surface area contributed by atoms with Gasteiger partial charge in [-0.25, -0.2) is 5.32 Å². The molecule has 2 N–H and O–H groups in total. The molecule has 3 nitrogen and oxygen atoms in total. The number of aryl methyl sites for hydroxylation is 1. The van der Waals surface area contributed by atoms with Crippen LogP contribution in [0.3, 0.4) is 0 Å². The highest BCUT2D eigenvalue weighted by Gasteiger charge is 2.55. The Morgan fingerprint density at radius 1 is 1.03 bits per heavy atom. The van der Waals surface area contributed by atoms with Gasteiger partial charge in [-0.1, -0.05) is 93.0 Å². The second kappa shape index (κ2) is 10.4. The second-order valence-electron chi connectivity index (χ2n) is 10.7. The van der Waals surface area contributed by atoms with E-state index in [0.717, 1.165) is 53.4 Å². The highest BCUT2D eigenvalue weighted by molar-refractivity contribution is 7.80. The summed E-state index contributed by atoms with van der Waals surface area (Å²) in [5, 5.41) is 6.30. The minimum absolute atomic E-state index is 0.0416. The molecule has 2 aromatic rings. The van der Waals surface area contributed by atoms with Gasteiger partial charge in [-0.15, -0.1) is 0 Å². The number of anilines is 1. The van der Waals surface area contributed by atoms with Gasteiger partial charge in [-0.05, 0) is 73.5 Å². The largest absolute Gasteiger partial charge is 0.282 e. The molecule has 0 unspecified atom stereocenters. The third kappa shape index (κ3) is 5.56. The molecular weight excluding hydrogens is 517 g/mol. The van der Waals surface area contributed by atoms with E-state index in [-0.39, 0.29) is 17.0 Å². The zero-order valence-electron chi connectivity index (χ0n) is 20.7. The van der Waals surface area contributed by atoms with E-state index in [9.17, 15) is 0 Å². The zero-order valence-corrected chi connectivity index (χ0v) is 23.8. The Morgan fingerprint density at radius 3 is 2.37 bits per heavy atom. The van der Waals surface area contributed by atoms with Crippen molar-refractivity contribution >= 4 is 69.7 Å². The quantitative estimate of drug-likeness (QED) is 0.404. The van der Waals surface area contributed by atoms with Gasteiger partial charge in [-0.3, -0.25) is 9.89 Å². The molecule has 1 saturated carbocycles. The molecule has 7 heteroatoms. The fraction of sp³-hybridized carbons (Fsp3) is 0.429. The van der Waals surface area contributed by atoms with E-state index in [1.54, 1.807) is 6.07 Å². The minimum atomic E-state index is -0.233. The average Bonchev–Trinajstić information content (AvgIpc) is 3.04. The summed E-state index contributed by atoms with van der Waals surface area (Å²) < 4.78 is 0. The third-order valence-electron chi connectivity index (χ3n) is 7.09. The first-order valence-corrected chi connectivity index (χ1v) is 13.7. The van der Waals surface area contributed by atoms with Crippen LogP contribution in [0.2, 0.25) is 15.1 Å². The predicted molar refractivity (Wildman–Crippen MR) is 155 cm³/mol. The molecule has 1 saturated heterocycles. The Bertz CT molecular complexity index is 1180. The SMILES string of the molecule is Cc1ccc(N2C(=S)NC(=[NH+][C@@H](/C=C/c3ccc(Cl)cc3Cl)C(C)(C)C)C23CCCCC3)cc1Cl. The standard InChI is InChI=1S/C28H32Cl3N3S/c1-18-8-12-21(17-22(18)30)34-26(35)33-25(28(34)14-6-5-7-15-28)32-24(27(2,3)4)13-10-19-9-11-20(29)16-23(19)31/h8-13,16-17,24H,5-7,14-15H2,1-4H3,(H,32,33,35)/p+1/b13-10+/t24-/m0/s1. The number of benzene rings is 2. The summed E-state index contributed by atoms with van der Waals surface area (Å²) in [5.74, 6) is 1.07. The molecule has 186 valence electrons. The number of rotatable bonds is 4. The zero-order chi connectivity index (χ0) is 25.4. The van der Waals surface area contributed by atoms with Gasteiger partial charge in [0.2, 0.25) is 0 Å². The molecule has 0 bridgehead atoms. The van der Waals surface area contributed by atoms with Crippen LogP contribution in [0.4, 0.5) is 5.69 Å². The molecule has 0 amide bonds. The van der Waals surface area contributed by atoms with Crippen LogP contribution in [0, 0.1) is 12.3 Å². The smallest absolute Gasteiger partial charge is 0.276 e. The molecule has 1 atom stereocenters. The Balaban J connectivity index is 1.76. The second-order valence-corrected chi connectivity index (χ2v) is 12.3. The van der Waals surface area contributed by atoms with Crippen LogP contribution in [-0.2, 0) is 0 Å². The fourth-order valence-corrected chi connectivity index (χ4v) is 6.03. The summed E-state index contributed by atoms with van der Waals surface area (Å²) in [4.78, 5) is 6.15. The molecule has 2 fully saturated rings. The fourth-order valence-electron chi connectivity index (χ4n) is 5.00. The van der Waals surface area contributed by atoms with Gasteiger partial charge in [0.1, 0.15) is 11.6 Å². The maximum absolute atomic E-state index is 6.53. The van der Waals surface area contributed by atoms with Crippen LogP contribution in [-0.4, -0.2) is 22.5 Å². The summed E-state index contributed by atoms with van der Waals surface area (Å²) in [7, 11) is 0. The highest BCUT2D eigenvalue weighted by atomic mass is 35.5. The summed E-state index contributed by atoms with van der Waals surface area (Å²) in [5.41, 5.74) is 2.75. The molecule has 0 aromatic heterocycles. The van der Waals surface area contributed by atoms with Crippen molar-refractivity contribution in [3.05, 3.63) is 68.7 Å². The third-order valence-corrected chi connectivity index (χ3v) is 8.34. The van der Waals surface area contributed by atoms with Crippen LogP contribution < -0.4 is 15.2 Å². The summed E-state index contributed by atoms with van der Waals surface area (Å²) in [6, 6.07) is 11.8. The first-order chi connectivity index (χ1) is 16.5. The number of hydrogen-bond acceptors (Lipinski definition) is 1. The van der Waals surface area contributed by atoms with Gasteiger partial charge < -0.3 is 0 Å². The van der Waals surface area contributed by atoms with Gasteiger partial charge in [0.15, 0.2) is 0 Å². The van der Waals surface area contributed by atoms with E-state index in [1.165, 1.54) is 6.42 Å². The molecule has 1 heterocycles. The minimum Gasteiger partial charge on any atom is -0.282 e. The van der Waals surface area contributed by atoms with E-state index >= 15 is 0 Å². The maximum atomic E-state index is 6.53. The van der Waals surface area contributed by atoms with E-state index in [0.29, 0.717) is 15.2 Å². The molecule has 1 aliphatic carbocycles. The van der Waals surface area contributed by atoms with Crippen molar-refractivity contribution in [2.75, 3.05) is 4.90 Å². The molecule has 35 heavy (non-hydrogen) atoms. The first kappa shape index (κ1) is 26.5. The van der Waals surface area contributed by atoms with E-state index in [4.69, 9.17) is 47.0 Å². The molecular formula is C28H33Cl3N3S+. The van der Waals surface area contributed by atoms with Gasteiger partial charge in [0, 0.05) is 26.2 Å². The van der Waals surface area contributed by atoms with Crippen molar-refractivity contribution in [3.63, 3.8) is 0 Å². The number of nitrogens with zero attached hydrogens (tertiary/aromatic N) is 1. The normalized spacial score (nSPS) is 20.1. The van der Waals surface area contributed by atoms with Crippen molar-refractivity contribution in [1.29, 1.82) is 0 Å². The molecule has 1 spiro atoms. The van der Waals surface area contributed by atoms with E-state index < -0.39 is 0 Å². The number of halogens is 3. The molecule has 0 radical (unpaired) electrons. The number of amidine groups is 1. The lowest BCUT2D eigenvalue weighted by Crippen LogP contribution is -2.87. The van der Waals surface area contributed by atoms with Crippen molar-refractivity contribution in [1.82, 2.24) is 5.32 Å². The summed E-state index contributed by atoms with van der Waals surface area (Å²) in [6.07, 6.45) is 9.86. The Labute approximate surface area is 229 Å². The lowest BCUT2D eigenvalue weighted by Gasteiger charge is -2.38. The molecule has 4 rings (SSSR count). The monoisotopic (exact) mass is 548 g/mol. The van der Waals surface area contributed by atoms with Crippen molar-refractivity contribution in [2.24, 2.45) is 5.41 Å². The lowest BCUT2D eigenvalue weighted by atomic mass is 9.79. The van der Waals surface area contributed by atoms with Crippen LogP contribution >= 0.6 is 47.0 Å². The van der Waals surface area contributed by atoms with Crippen molar-refractivity contribution < 1.29 is 4.99 Å². The van der Waals surface area contributed by atoms with Crippen LogP contribution in [0.25, 0.3) is 6.08 Å². The molecule has 2 aromatic carbocycles. The van der Waals surface area contributed by atoms with Crippen molar-refractivity contribution in [2.45, 2.75) is 71.4 Å². The number of nitrogens with one attached hydrogen (secondary N) is 2. The Kier molecular flexibility index (Phi) is 7.88. The van der Waals surface area contributed by atoms with Gasteiger partial charge in [0.05, 0.1) is 0 Å². The first-order valence-electron chi connectivity index (χ1n) is 12.2. The number of hydrogen-bond donors (Lipinski definition) is 2. The highest BCUT2D eigenvalue weighted by Crippen LogP contribution is 2.40. The summed E-state index contributed by atoms with van der Waals surface area (Å²) in [6.45, 7) is 8.72. The van der Waals surface area contributed by atoms with Gasteiger partial charge >= 0.3 is 0 Å². The maximum Gasteiger partial charge on any atom is 0.276 e. The van der Waals surface area contributed by atoms with Crippen LogP contribution in [0.15, 0.2) is 42.5 Å². The van der Waals surface area contributed by atoms with Gasteiger partial charge in [-0.2, -0.15) is 0 Å². The Morgan fingerprint density at radius 2 is 1.74 bits per heavy atom. The predicted octanol–water partition coefficient (Wildman–Crippen LogP) is 6.96. The lowest BCUT2D eigenvalue weighted by molar-refractivity contribution is -0.511. The van der Waals surface area contributed by atoms with Crippen LogP contribution in [0.5, 0.6) is 0 Å². The Hall–Kier alpha value is -1.59. The van der Waals surface area contributed by atoms with Crippen LogP contribution in [0.1, 0.15) is 64.0 Å². The number of thiocarbonyl (C=S) groups is 1. The molecule has 1 aliphatic heterocycles. The van der Waals surface area contributed by atoms with E-state index in [1.807, 2.05) is 25.1 Å². The summed E-state index contributed by atoms with van der Waals surface area (Å²) >= 11 is 25.0.